The van der Waals surface area contributed by atoms with E-state index < -0.39 is 6.61 Å². The quantitative estimate of drug-likeness (QED) is 0.895. The third kappa shape index (κ3) is 3.52. The van der Waals surface area contributed by atoms with Gasteiger partial charge in [-0.15, -0.1) is 0 Å². The zero-order valence-electron chi connectivity index (χ0n) is 13.3. The topological polar surface area (TPSA) is 73.7 Å². The largest absolute Gasteiger partial charge is 0.387 e. The summed E-state index contributed by atoms with van der Waals surface area (Å²) in [5, 5.41) is 8.98. The molecular weight excluding hydrogens is 294 g/mol. The smallest absolute Gasteiger partial charge is 0.248 e. The van der Waals surface area contributed by atoms with Crippen LogP contribution in [0.15, 0.2) is 24.5 Å². The van der Waals surface area contributed by atoms with Gasteiger partial charge < -0.3 is 14.9 Å². The molecule has 0 aromatic carbocycles. The summed E-state index contributed by atoms with van der Waals surface area (Å²) in [5.41, 5.74) is 1.21. The number of aromatic nitrogens is 1. The number of likely N-dealkylation sites (tertiary alicyclic amines) is 2. The van der Waals surface area contributed by atoms with Gasteiger partial charge in [-0.2, -0.15) is 0 Å². The maximum absolute atomic E-state index is 12.3. The maximum Gasteiger partial charge on any atom is 0.248 e. The molecule has 3 rings (SSSR count). The number of nitrogens with zero attached hydrogens (tertiary/aromatic N) is 3. The molecule has 3 heterocycles. The van der Waals surface area contributed by atoms with Gasteiger partial charge in [-0.05, 0) is 42.4 Å². The number of piperidine rings is 2. The van der Waals surface area contributed by atoms with Crippen LogP contribution in [0.3, 0.4) is 0 Å². The molecular formula is C17H23N3O3. The van der Waals surface area contributed by atoms with E-state index in [2.05, 4.69) is 4.98 Å². The van der Waals surface area contributed by atoms with Gasteiger partial charge in [0.25, 0.3) is 0 Å². The predicted molar refractivity (Wildman–Crippen MR) is 84.2 cm³/mol. The fourth-order valence-electron chi connectivity index (χ4n) is 3.69. The Kier molecular flexibility index (Phi) is 4.61. The molecule has 0 atom stereocenters. The Morgan fingerprint density at radius 1 is 1.22 bits per heavy atom. The summed E-state index contributed by atoms with van der Waals surface area (Å²) in [6.07, 6.45) is 6.79. The van der Waals surface area contributed by atoms with Crippen molar-refractivity contribution in [1.29, 1.82) is 0 Å². The first-order valence-corrected chi connectivity index (χ1v) is 8.17. The molecule has 0 bridgehead atoms. The first kappa shape index (κ1) is 15.9. The van der Waals surface area contributed by atoms with E-state index in [1.54, 1.807) is 17.3 Å². The van der Waals surface area contributed by atoms with Gasteiger partial charge in [0.1, 0.15) is 6.61 Å². The maximum atomic E-state index is 12.3. The van der Waals surface area contributed by atoms with E-state index >= 15 is 0 Å². The van der Waals surface area contributed by atoms with Gasteiger partial charge in [-0.3, -0.25) is 14.6 Å². The molecule has 0 radical (unpaired) electrons. The van der Waals surface area contributed by atoms with Gasteiger partial charge in [0.05, 0.1) is 0 Å². The molecule has 0 saturated carbocycles. The highest BCUT2D eigenvalue weighted by atomic mass is 16.3. The zero-order chi connectivity index (χ0) is 16.3. The Bertz CT molecular complexity index is 568. The van der Waals surface area contributed by atoms with Gasteiger partial charge in [-0.1, -0.05) is 0 Å². The molecule has 1 N–H and O–H groups in total. The number of hydrogen-bond donors (Lipinski definition) is 1. The van der Waals surface area contributed by atoms with Crippen molar-refractivity contribution in [3.05, 3.63) is 30.1 Å². The van der Waals surface area contributed by atoms with E-state index in [-0.39, 0.29) is 17.2 Å². The van der Waals surface area contributed by atoms with E-state index in [9.17, 15) is 9.59 Å². The lowest BCUT2D eigenvalue weighted by Crippen LogP contribution is -2.52. The normalized spacial score (nSPS) is 20.8. The number of hydrogen-bond acceptors (Lipinski definition) is 4. The molecule has 2 amide bonds. The summed E-state index contributed by atoms with van der Waals surface area (Å²) < 4.78 is 0. The lowest BCUT2D eigenvalue weighted by Gasteiger charge is -2.47. The third-order valence-electron chi connectivity index (χ3n) is 5.18. The zero-order valence-corrected chi connectivity index (χ0v) is 13.3. The van der Waals surface area contributed by atoms with Crippen LogP contribution in [0.1, 0.15) is 31.2 Å². The average Bonchev–Trinajstić information content (AvgIpc) is 2.59. The molecule has 0 unspecified atom stereocenters. The Hall–Kier alpha value is -1.95. The van der Waals surface area contributed by atoms with Crippen LogP contribution < -0.4 is 0 Å². The van der Waals surface area contributed by atoms with Crippen molar-refractivity contribution in [2.24, 2.45) is 5.41 Å². The van der Waals surface area contributed by atoms with E-state index in [1.165, 1.54) is 0 Å². The first-order valence-electron chi connectivity index (χ1n) is 8.17. The Labute approximate surface area is 136 Å². The Balaban J connectivity index is 1.64. The number of pyridine rings is 1. The number of rotatable bonds is 3. The summed E-state index contributed by atoms with van der Waals surface area (Å²) in [5.74, 6) is 0.0154. The number of aliphatic hydroxyl groups is 1. The fourth-order valence-corrected chi connectivity index (χ4v) is 3.69. The molecule has 2 aliphatic heterocycles. The monoisotopic (exact) mass is 317 g/mol. The van der Waals surface area contributed by atoms with E-state index in [1.807, 2.05) is 17.0 Å². The molecule has 1 aromatic rings. The molecule has 2 saturated heterocycles. The molecule has 1 spiro atoms. The lowest BCUT2D eigenvalue weighted by molar-refractivity contribution is -0.144. The van der Waals surface area contributed by atoms with Gasteiger partial charge in [0, 0.05) is 45.0 Å². The molecule has 1 aromatic heterocycles. The highest BCUT2D eigenvalue weighted by Gasteiger charge is 2.41. The first-order chi connectivity index (χ1) is 11.1. The van der Waals surface area contributed by atoms with Crippen molar-refractivity contribution in [2.45, 2.75) is 32.2 Å². The Morgan fingerprint density at radius 2 is 1.91 bits per heavy atom. The van der Waals surface area contributed by atoms with Crippen LogP contribution in [-0.4, -0.2) is 57.9 Å². The fraction of sp³-hybridized carbons (Fsp3) is 0.588. The van der Waals surface area contributed by atoms with Gasteiger partial charge in [0.15, 0.2) is 0 Å². The summed E-state index contributed by atoms with van der Waals surface area (Å²) in [4.78, 5) is 31.5. The SMILES string of the molecule is O=C(CO)N1CCC2(CCC(=O)N(Cc3ccncc3)C2)CC1. The van der Waals surface area contributed by atoms with Crippen molar-refractivity contribution in [3.8, 4) is 0 Å². The van der Waals surface area contributed by atoms with Crippen LogP contribution in [0.25, 0.3) is 0 Å². The summed E-state index contributed by atoms with van der Waals surface area (Å²) in [7, 11) is 0. The van der Waals surface area contributed by atoms with Crippen molar-refractivity contribution in [2.75, 3.05) is 26.2 Å². The van der Waals surface area contributed by atoms with Gasteiger partial charge in [-0.25, -0.2) is 0 Å². The molecule has 6 heteroatoms. The second-order valence-electron chi connectivity index (χ2n) is 6.64. The second-order valence-corrected chi connectivity index (χ2v) is 6.64. The van der Waals surface area contributed by atoms with Crippen molar-refractivity contribution in [3.63, 3.8) is 0 Å². The van der Waals surface area contributed by atoms with Crippen LogP contribution in [0.5, 0.6) is 0 Å². The van der Waals surface area contributed by atoms with Gasteiger partial charge >= 0.3 is 0 Å². The van der Waals surface area contributed by atoms with Crippen LogP contribution in [-0.2, 0) is 16.1 Å². The van der Waals surface area contributed by atoms with E-state index in [4.69, 9.17) is 5.11 Å². The predicted octanol–water partition coefficient (Wildman–Crippen LogP) is 0.805. The number of carbonyl (C=O) groups is 2. The molecule has 6 nitrogen and oxygen atoms in total. The Morgan fingerprint density at radius 3 is 2.57 bits per heavy atom. The van der Waals surface area contributed by atoms with Crippen LogP contribution in [0.2, 0.25) is 0 Å². The summed E-state index contributed by atoms with van der Waals surface area (Å²) in [6.45, 7) is 2.32. The molecule has 2 fully saturated rings. The molecule has 23 heavy (non-hydrogen) atoms. The average molecular weight is 317 g/mol. The lowest BCUT2D eigenvalue weighted by atomic mass is 9.72. The summed E-state index contributed by atoms with van der Waals surface area (Å²) in [6, 6.07) is 3.88. The highest BCUT2D eigenvalue weighted by Crippen LogP contribution is 2.40. The number of aliphatic hydroxyl groups excluding tert-OH is 1. The van der Waals surface area contributed by atoms with E-state index in [0.29, 0.717) is 26.1 Å². The van der Waals surface area contributed by atoms with Crippen LogP contribution >= 0.6 is 0 Å². The second kappa shape index (κ2) is 6.66. The molecule has 2 aliphatic rings. The number of amides is 2. The molecule has 124 valence electrons. The minimum atomic E-state index is -0.417. The number of carbonyl (C=O) groups excluding carboxylic acids is 2. The van der Waals surface area contributed by atoms with E-state index in [0.717, 1.165) is 31.4 Å². The standard InChI is InChI=1S/C17H23N3O3/c21-12-16(23)19-9-5-17(6-10-19)4-1-15(22)20(13-17)11-14-2-7-18-8-3-14/h2-3,7-8,21H,1,4-6,9-13H2. The summed E-state index contributed by atoms with van der Waals surface area (Å²) >= 11 is 0. The minimum absolute atomic E-state index is 0.118. The van der Waals surface area contributed by atoms with Gasteiger partial charge in [0.2, 0.25) is 11.8 Å². The minimum Gasteiger partial charge on any atom is -0.387 e. The van der Waals surface area contributed by atoms with Crippen molar-refractivity contribution >= 4 is 11.8 Å². The van der Waals surface area contributed by atoms with Crippen molar-refractivity contribution in [1.82, 2.24) is 14.8 Å². The van der Waals surface area contributed by atoms with Crippen LogP contribution in [0, 0.1) is 5.41 Å². The highest BCUT2D eigenvalue weighted by molar-refractivity contribution is 5.78. The van der Waals surface area contributed by atoms with Crippen molar-refractivity contribution < 1.29 is 14.7 Å². The van der Waals surface area contributed by atoms with Crippen LogP contribution in [0.4, 0.5) is 0 Å². The molecule has 0 aliphatic carbocycles. The third-order valence-corrected chi connectivity index (χ3v) is 5.18.